The van der Waals surface area contributed by atoms with Crippen LogP contribution in [-0.2, 0) is 14.3 Å². The summed E-state index contributed by atoms with van der Waals surface area (Å²) in [6.45, 7) is 6.15. The summed E-state index contributed by atoms with van der Waals surface area (Å²) < 4.78 is 5.88. The molecule has 0 amide bonds. The predicted octanol–water partition coefficient (Wildman–Crippen LogP) is 15.9. The van der Waals surface area contributed by atoms with Crippen LogP contribution in [0.1, 0.15) is 284 Å². The topological polar surface area (TPSA) is 83.8 Å². The largest absolute Gasteiger partial charge is 0.483 e. The van der Waals surface area contributed by atoms with E-state index in [0.29, 0.717) is 19.3 Å². The molecule has 6 heteroatoms. The molecule has 0 aliphatic heterocycles. The highest BCUT2D eigenvalue weighted by atomic mass is 32.1. The number of aliphatic hydroxyl groups is 2. The highest BCUT2D eigenvalue weighted by molar-refractivity contribution is 7.80. The zero-order valence-corrected chi connectivity index (χ0v) is 39.3. The summed E-state index contributed by atoms with van der Waals surface area (Å²) in [6.07, 6.45) is 46.7. The fourth-order valence-corrected chi connectivity index (χ4v) is 8.77. The van der Waals surface area contributed by atoms with Crippen LogP contribution in [0.2, 0.25) is 0 Å². The number of ether oxygens (including phenoxy) is 1. The monoisotopic (exact) mass is 823 g/mol. The van der Waals surface area contributed by atoms with Crippen LogP contribution in [0.25, 0.3) is 0 Å². The van der Waals surface area contributed by atoms with Crippen LogP contribution in [0.5, 0.6) is 0 Å². The number of hydrogen-bond acceptors (Lipinski definition) is 6. The summed E-state index contributed by atoms with van der Waals surface area (Å²) in [4.78, 5) is 28.7. The average Bonchev–Trinajstić information content (AvgIpc) is 3.21. The van der Waals surface area contributed by atoms with E-state index in [-0.39, 0.29) is 23.2 Å². The maximum Gasteiger partial charge on any atom is 0.180 e. The molecular weight excluding hydrogens is 725 g/mol. The SMILES string of the molecule is CCCCCCCCCCCCCCCC(=O)C(CCCCCCCCCCCCCC)(C(=O)CCCCCCCCCCCCCCC)C(=S)OCC(O)CO. The van der Waals surface area contributed by atoms with Gasteiger partial charge in [0.1, 0.15) is 12.7 Å². The van der Waals surface area contributed by atoms with E-state index in [4.69, 9.17) is 17.0 Å². The first kappa shape index (κ1) is 56.1. The van der Waals surface area contributed by atoms with Gasteiger partial charge in [-0.1, -0.05) is 252 Å². The van der Waals surface area contributed by atoms with Crippen molar-refractivity contribution in [3.63, 3.8) is 0 Å². The van der Waals surface area contributed by atoms with E-state index in [2.05, 4.69) is 20.8 Å². The molecule has 1 atom stereocenters. The Morgan fingerprint density at radius 3 is 0.947 bits per heavy atom. The molecule has 338 valence electrons. The number of unbranched alkanes of at least 4 members (excludes halogenated alkanes) is 35. The molecule has 0 aromatic rings. The van der Waals surface area contributed by atoms with Gasteiger partial charge in [0.05, 0.1) is 6.61 Å². The van der Waals surface area contributed by atoms with Crippen molar-refractivity contribution >= 4 is 28.8 Å². The molecule has 0 saturated carbocycles. The molecule has 5 nitrogen and oxygen atoms in total. The van der Waals surface area contributed by atoms with E-state index < -0.39 is 18.1 Å². The van der Waals surface area contributed by atoms with Gasteiger partial charge in [-0.3, -0.25) is 9.59 Å². The van der Waals surface area contributed by atoms with E-state index in [9.17, 15) is 19.8 Å². The Labute approximate surface area is 360 Å². The third-order valence-electron chi connectivity index (χ3n) is 12.3. The fraction of sp³-hybridized carbons (Fsp3) is 0.941. The Balaban J connectivity index is 5.18. The van der Waals surface area contributed by atoms with Crippen LogP contribution in [0, 0.1) is 5.41 Å². The highest BCUT2D eigenvalue weighted by Gasteiger charge is 2.49. The lowest BCUT2D eigenvalue weighted by Gasteiger charge is -2.32. The van der Waals surface area contributed by atoms with Gasteiger partial charge >= 0.3 is 0 Å². The van der Waals surface area contributed by atoms with Gasteiger partial charge in [0.2, 0.25) is 0 Å². The summed E-state index contributed by atoms with van der Waals surface area (Å²) in [6, 6.07) is 0. The van der Waals surface area contributed by atoms with Gasteiger partial charge in [-0.05, 0) is 31.5 Å². The summed E-state index contributed by atoms with van der Waals surface area (Å²) in [5.41, 5.74) is -1.43. The Morgan fingerprint density at radius 1 is 0.439 bits per heavy atom. The highest BCUT2D eigenvalue weighted by Crippen LogP contribution is 2.35. The van der Waals surface area contributed by atoms with Crippen LogP contribution in [-0.4, -0.2) is 46.1 Å². The minimum atomic E-state index is -1.43. The molecule has 57 heavy (non-hydrogen) atoms. The zero-order valence-electron chi connectivity index (χ0n) is 38.5. The number of hydrogen-bond donors (Lipinski definition) is 2. The number of ketones is 2. The average molecular weight is 823 g/mol. The predicted molar refractivity (Wildman–Crippen MR) is 250 cm³/mol. The fourth-order valence-electron chi connectivity index (χ4n) is 8.38. The molecule has 0 heterocycles. The molecule has 0 spiro atoms. The molecule has 0 bridgehead atoms. The summed E-state index contributed by atoms with van der Waals surface area (Å²) >= 11 is 5.84. The summed E-state index contributed by atoms with van der Waals surface area (Å²) in [7, 11) is 0. The minimum Gasteiger partial charge on any atom is -0.483 e. The van der Waals surface area contributed by atoms with Crippen LogP contribution in [0.15, 0.2) is 0 Å². The second-order valence-corrected chi connectivity index (χ2v) is 18.2. The van der Waals surface area contributed by atoms with Crippen LogP contribution >= 0.6 is 12.2 Å². The van der Waals surface area contributed by atoms with Crippen molar-refractivity contribution in [1.29, 1.82) is 0 Å². The maximum absolute atomic E-state index is 14.3. The van der Waals surface area contributed by atoms with E-state index in [1.165, 1.54) is 186 Å². The molecule has 0 aliphatic rings. The van der Waals surface area contributed by atoms with Crippen LogP contribution in [0.4, 0.5) is 0 Å². The molecular formula is C51H98O5S. The normalized spacial score (nSPS) is 12.3. The van der Waals surface area contributed by atoms with E-state index in [1.807, 2.05) is 0 Å². The molecule has 2 N–H and O–H groups in total. The van der Waals surface area contributed by atoms with E-state index >= 15 is 0 Å². The van der Waals surface area contributed by atoms with E-state index in [1.54, 1.807) is 0 Å². The van der Waals surface area contributed by atoms with Gasteiger partial charge in [-0.25, -0.2) is 0 Å². The van der Waals surface area contributed by atoms with Crippen molar-refractivity contribution in [3.05, 3.63) is 0 Å². The number of aliphatic hydroxyl groups excluding tert-OH is 2. The van der Waals surface area contributed by atoms with Crippen molar-refractivity contribution in [3.8, 4) is 0 Å². The van der Waals surface area contributed by atoms with Crippen molar-refractivity contribution in [2.45, 2.75) is 290 Å². The first-order valence-electron chi connectivity index (χ1n) is 25.4. The van der Waals surface area contributed by atoms with Crippen molar-refractivity contribution in [1.82, 2.24) is 0 Å². The van der Waals surface area contributed by atoms with Crippen molar-refractivity contribution < 1.29 is 24.5 Å². The summed E-state index contributed by atoms with van der Waals surface area (Å²) in [5.74, 6) is -0.173. The molecule has 0 fully saturated rings. The third-order valence-corrected chi connectivity index (χ3v) is 12.8. The Morgan fingerprint density at radius 2 is 0.684 bits per heavy atom. The van der Waals surface area contributed by atoms with Crippen LogP contribution in [0.3, 0.4) is 0 Å². The lowest BCUT2D eigenvalue weighted by atomic mass is 9.72. The lowest BCUT2D eigenvalue weighted by molar-refractivity contribution is -0.138. The lowest BCUT2D eigenvalue weighted by Crippen LogP contribution is -2.47. The Hall–Kier alpha value is -0.850. The van der Waals surface area contributed by atoms with Gasteiger partial charge < -0.3 is 14.9 Å². The Kier molecular flexibility index (Phi) is 42.6. The summed E-state index contributed by atoms with van der Waals surface area (Å²) in [5, 5.41) is 19.6. The first-order chi connectivity index (χ1) is 27.9. The van der Waals surface area contributed by atoms with Gasteiger partial charge in [-0.15, -0.1) is 0 Å². The van der Waals surface area contributed by atoms with Gasteiger partial charge in [-0.2, -0.15) is 0 Å². The molecule has 0 rings (SSSR count). The first-order valence-corrected chi connectivity index (χ1v) is 25.8. The van der Waals surface area contributed by atoms with Gasteiger partial charge in [0.25, 0.3) is 0 Å². The number of thiocarbonyl (C=S) groups is 1. The number of Topliss-reactive ketones (excluding diaryl/α,β-unsaturated/α-hetero) is 2. The Bertz CT molecular complexity index is 849. The minimum absolute atomic E-state index is 0.0254. The standard InChI is InChI=1S/C51H98O5S/c1-4-7-10-13-16-19-22-25-27-30-33-36-39-42-48(54)51(50(57)56-46-47(53)45-52,44-41-38-35-32-29-24-21-18-15-12-9-6-3)49(55)43-40-37-34-31-28-26-23-20-17-14-11-8-5-2/h47,52-53H,4-46H2,1-3H3. The van der Waals surface area contributed by atoms with Crippen molar-refractivity contribution in [2.75, 3.05) is 13.2 Å². The molecule has 0 aromatic heterocycles. The molecule has 0 aromatic carbocycles. The molecule has 0 saturated heterocycles. The van der Waals surface area contributed by atoms with E-state index in [0.717, 1.165) is 57.8 Å². The second-order valence-electron chi connectivity index (χ2n) is 17.8. The maximum atomic E-state index is 14.3. The molecule has 1 unspecified atom stereocenters. The zero-order chi connectivity index (χ0) is 41.9. The number of carbonyl (C=O) groups excluding carboxylic acids is 2. The van der Waals surface area contributed by atoms with Gasteiger partial charge in [0, 0.05) is 12.8 Å². The van der Waals surface area contributed by atoms with Crippen molar-refractivity contribution in [2.24, 2.45) is 5.41 Å². The third kappa shape index (κ3) is 32.6. The second kappa shape index (κ2) is 43.2. The quantitative estimate of drug-likeness (QED) is 0.0361. The molecule has 0 aliphatic carbocycles. The number of carbonyl (C=O) groups is 2. The number of rotatable bonds is 47. The van der Waals surface area contributed by atoms with Gasteiger partial charge in [0.15, 0.2) is 22.0 Å². The molecule has 0 radical (unpaired) electrons. The van der Waals surface area contributed by atoms with Crippen LogP contribution < -0.4 is 0 Å². The smallest absolute Gasteiger partial charge is 0.180 e.